The van der Waals surface area contributed by atoms with E-state index in [0.717, 1.165) is 24.8 Å². The van der Waals surface area contributed by atoms with Crippen LogP contribution >= 0.6 is 0 Å². The van der Waals surface area contributed by atoms with Gasteiger partial charge in [0.25, 0.3) is 5.62 Å². The Labute approximate surface area is 175 Å². The molecular weight excluding hydrogens is 398 g/mol. The molecule has 1 fully saturated rings. The molecule has 11 nitrogen and oxygen atoms in total. The summed E-state index contributed by atoms with van der Waals surface area (Å²) < 4.78 is 1.57. The Kier molecular flexibility index (Phi) is 4.69. The number of aromatic hydroxyl groups is 1. The molecule has 158 valence electrons. The highest BCUT2D eigenvalue weighted by molar-refractivity contribution is 5.57. The number of aromatic amines is 2. The molecule has 0 amide bonds. The van der Waals surface area contributed by atoms with Crippen molar-refractivity contribution in [3.8, 4) is 5.88 Å². The zero-order valence-electron chi connectivity index (χ0n) is 16.8. The van der Waals surface area contributed by atoms with Gasteiger partial charge in [0, 0.05) is 17.6 Å². The van der Waals surface area contributed by atoms with Crippen LogP contribution < -0.4 is 21.8 Å². The highest BCUT2D eigenvalue weighted by Gasteiger charge is 2.21. The van der Waals surface area contributed by atoms with Crippen molar-refractivity contribution in [3.05, 3.63) is 63.3 Å². The number of imidazole rings is 1. The van der Waals surface area contributed by atoms with Gasteiger partial charge in [-0.2, -0.15) is 19.6 Å². The summed E-state index contributed by atoms with van der Waals surface area (Å²) in [5.74, 6) is 0.181. The lowest BCUT2D eigenvalue weighted by atomic mass is 10.1. The van der Waals surface area contributed by atoms with Crippen LogP contribution in [0.4, 0.5) is 5.95 Å². The summed E-state index contributed by atoms with van der Waals surface area (Å²) in [4.78, 5) is 34.3. The average Bonchev–Trinajstić information content (AvgIpc) is 3.41. The molecule has 0 saturated heterocycles. The van der Waals surface area contributed by atoms with Crippen LogP contribution in [0.5, 0.6) is 5.88 Å². The molecule has 1 aliphatic carbocycles. The molecule has 1 saturated carbocycles. The minimum absolute atomic E-state index is 0.000325. The first kappa shape index (κ1) is 19.0. The molecule has 4 N–H and O–H groups in total. The van der Waals surface area contributed by atoms with Crippen LogP contribution in [0, 0.1) is 0 Å². The van der Waals surface area contributed by atoms with Crippen molar-refractivity contribution in [2.75, 3.05) is 5.32 Å². The Morgan fingerprint density at radius 3 is 2.81 bits per heavy atom. The molecule has 0 aromatic carbocycles. The van der Waals surface area contributed by atoms with Crippen LogP contribution in [0.2, 0.25) is 0 Å². The second kappa shape index (κ2) is 7.67. The molecular formula is C20H21N9O2. The molecule has 1 aliphatic rings. The van der Waals surface area contributed by atoms with E-state index in [9.17, 15) is 9.90 Å². The molecule has 11 heteroatoms. The molecule has 0 spiro atoms. The van der Waals surface area contributed by atoms with Gasteiger partial charge >= 0.3 is 5.69 Å². The van der Waals surface area contributed by atoms with E-state index in [0.29, 0.717) is 22.4 Å². The van der Waals surface area contributed by atoms with Crippen LogP contribution in [-0.4, -0.2) is 45.7 Å². The van der Waals surface area contributed by atoms with Crippen molar-refractivity contribution in [2.45, 2.75) is 38.3 Å². The fourth-order valence-corrected chi connectivity index (χ4v) is 3.32. The number of hydrogen-bond donors (Lipinski definition) is 4. The van der Waals surface area contributed by atoms with E-state index < -0.39 is 5.69 Å². The predicted molar refractivity (Wildman–Crippen MR) is 112 cm³/mol. The van der Waals surface area contributed by atoms with Gasteiger partial charge in [-0.3, -0.25) is 9.97 Å². The first-order valence-electron chi connectivity index (χ1n) is 10.1. The van der Waals surface area contributed by atoms with E-state index in [1.807, 2.05) is 12.1 Å². The SMILES string of the molecule is CCC(Nc1nc(=NC2CC2)n2nc/c(=C/c3[nH]c(=O)[nH]c3O)c2n1)c1ccncc1. The molecule has 0 bridgehead atoms. The molecule has 31 heavy (non-hydrogen) atoms. The minimum Gasteiger partial charge on any atom is -0.493 e. The van der Waals surface area contributed by atoms with Crippen molar-refractivity contribution in [2.24, 2.45) is 4.99 Å². The van der Waals surface area contributed by atoms with Crippen LogP contribution in [0.3, 0.4) is 0 Å². The molecule has 1 unspecified atom stereocenters. The first-order chi connectivity index (χ1) is 15.1. The standard InChI is InChI=1S/C20H21N9O2/c1-2-14(11-5-7-21-8-6-11)24-18-26-16-12(9-15-17(30)27-20(31)25-15)10-22-29(16)19(28-18)23-13-3-4-13/h5-10,13-14,30H,2-4H2,1H3,(H,23,24,28)(H2,25,27,31)/b12-9-. The van der Waals surface area contributed by atoms with E-state index in [4.69, 9.17) is 0 Å². The third-order valence-electron chi connectivity index (χ3n) is 5.08. The van der Waals surface area contributed by atoms with Crippen molar-refractivity contribution in [3.63, 3.8) is 0 Å². The van der Waals surface area contributed by atoms with Crippen LogP contribution in [0.1, 0.15) is 43.5 Å². The quantitative estimate of drug-likeness (QED) is 0.354. The van der Waals surface area contributed by atoms with Crippen LogP contribution in [0.15, 0.2) is 40.5 Å². The Hall–Kier alpha value is -4.02. The van der Waals surface area contributed by atoms with Gasteiger partial charge in [-0.25, -0.2) is 9.79 Å². The predicted octanol–water partition coefficient (Wildman–Crippen LogP) is 0.415. The number of aromatic nitrogens is 7. The van der Waals surface area contributed by atoms with E-state index in [1.165, 1.54) is 0 Å². The molecule has 0 radical (unpaired) electrons. The normalized spacial score (nSPS) is 16.2. The van der Waals surface area contributed by atoms with Gasteiger partial charge in [0.05, 0.1) is 18.3 Å². The number of nitrogens with one attached hydrogen (secondary N) is 3. The Morgan fingerprint density at radius 2 is 2.13 bits per heavy atom. The highest BCUT2D eigenvalue weighted by atomic mass is 16.3. The molecule has 5 rings (SSSR count). The van der Waals surface area contributed by atoms with E-state index in [1.54, 1.807) is 29.2 Å². The summed E-state index contributed by atoms with van der Waals surface area (Å²) >= 11 is 0. The van der Waals surface area contributed by atoms with E-state index in [-0.39, 0.29) is 23.7 Å². The number of pyridine rings is 1. The zero-order valence-corrected chi connectivity index (χ0v) is 16.8. The molecule has 4 aromatic rings. The Balaban J connectivity index is 1.64. The highest BCUT2D eigenvalue weighted by Crippen LogP contribution is 2.23. The van der Waals surface area contributed by atoms with Gasteiger partial charge in [0.2, 0.25) is 11.8 Å². The fraction of sp³-hybridized carbons (Fsp3) is 0.300. The van der Waals surface area contributed by atoms with Gasteiger partial charge in [-0.15, -0.1) is 0 Å². The maximum Gasteiger partial charge on any atom is 0.326 e. The van der Waals surface area contributed by atoms with Crippen LogP contribution in [-0.2, 0) is 0 Å². The molecule has 0 aliphatic heterocycles. The van der Waals surface area contributed by atoms with Crippen molar-refractivity contribution < 1.29 is 5.11 Å². The molecule has 4 heterocycles. The van der Waals surface area contributed by atoms with Crippen molar-refractivity contribution in [1.82, 2.24) is 34.5 Å². The summed E-state index contributed by atoms with van der Waals surface area (Å²) in [6.07, 6.45) is 9.60. The number of anilines is 1. The number of rotatable bonds is 6. The second-order valence-electron chi connectivity index (χ2n) is 7.41. The first-order valence-corrected chi connectivity index (χ1v) is 10.1. The number of hydrogen-bond acceptors (Lipinski definition) is 8. The van der Waals surface area contributed by atoms with Gasteiger partial charge in [-0.1, -0.05) is 6.92 Å². The lowest BCUT2D eigenvalue weighted by Crippen LogP contribution is -2.25. The largest absolute Gasteiger partial charge is 0.493 e. The van der Waals surface area contributed by atoms with Gasteiger partial charge in [0.15, 0.2) is 5.65 Å². The van der Waals surface area contributed by atoms with Gasteiger partial charge in [-0.05, 0) is 43.0 Å². The monoisotopic (exact) mass is 419 g/mol. The third-order valence-corrected chi connectivity index (χ3v) is 5.08. The summed E-state index contributed by atoms with van der Waals surface area (Å²) in [6.45, 7) is 2.08. The van der Waals surface area contributed by atoms with Crippen molar-refractivity contribution in [1.29, 1.82) is 0 Å². The number of fused-ring (bicyclic) bond motifs is 1. The summed E-state index contributed by atoms with van der Waals surface area (Å²) in [5, 5.41) is 18.3. The Bertz CT molecular complexity index is 1400. The smallest absolute Gasteiger partial charge is 0.326 e. The Morgan fingerprint density at radius 1 is 1.32 bits per heavy atom. The molecule has 4 aromatic heterocycles. The summed E-state index contributed by atoms with van der Waals surface area (Å²) in [6, 6.07) is 4.16. The van der Waals surface area contributed by atoms with Gasteiger partial charge in [0.1, 0.15) is 5.69 Å². The summed E-state index contributed by atoms with van der Waals surface area (Å²) in [7, 11) is 0. The molecule has 1 atom stereocenters. The lowest BCUT2D eigenvalue weighted by molar-refractivity contribution is 0.454. The topological polar surface area (TPSA) is 149 Å². The number of H-pyrrole nitrogens is 2. The summed E-state index contributed by atoms with van der Waals surface area (Å²) in [5.41, 5.74) is 1.81. The fourth-order valence-electron chi connectivity index (χ4n) is 3.32. The van der Waals surface area contributed by atoms with Crippen LogP contribution in [0.25, 0.3) is 11.7 Å². The van der Waals surface area contributed by atoms with Crippen molar-refractivity contribution >= 4 is 17.7 Å². The van der Waals surface area contributed by atoms with Gasteiger partial charge < -0.3 is 15.4 Å². The van der Waals surface area contributed by atoms with E-state index >= 15 is 0 Å². The minimum atomic E-state index is -0.496. The maximum atomic E-state index is 11.5. The maximum absolute atomic E-state index is 11.5. The average molecular weight is 419 g/mol. The lowest BCUT2D eigenvalue weighted by Gasteiger charge is -2.17. The zero-order chi connectivity index (χ0) is 21.4. The second-order valence-corrected chi connectivity index (χ2v) is 7.41. The third kappa shape index (κ3) is 3.89. The van der Waals surface area contributed by atoms with E-state index in [2.05, 4.69) is 47.3 Å². The number of nitrogens with zero attached hydrogens (tertiary/aromatic N) is 6.